The number of pyridine rings is 1. The fourth-order valence-corrected chi connectivity index (χ4v) is 3.25. The van der Waals surface area contributed by atoms with Gasteiger partial charge < -0.3 is 5.73 Å². The van der Waals surface area contributed by atoms with Crippen LogP contribution in [0, 0.1) is 0 Å². The van der Waals surface area contributed by atoms with E-state index >= 15 is 0 Å². The highest BCUT2D eigenvalue weighted by atomic mass is 79.9. The lowest BCUT2D eigenvalue weighted by Crippen LogP contribution is -2.35. The number of rotatable bonds is 2. The van der Waals surface area contributed by atoms with E-state index < -0.39 is 5.54 Å². The molecule has 3 heteroatoms. The predicted molar refractivity (Wildman–Crippen MR) is 86.5 cm³/mol. The van der Waals surface area contributed by atoms with Crippen LogP contribution in [0.25, 0.3) is 10.8 Å². The van der Waals surface area contributed by atoms with E-state index in [1.807, 2.05) is 55.7 Å². The van der Waals surface area contributed by atoms with Crippen LogP contribution in [0.4, 0.5) is 0 Å². The molecule has 1 aromatic heterocycles. The molecule has 0 bridgehead atoms. The predicted octanol–water partition coefficient (Wildman–Crippen LogP) is 4.22. The van der Waals surface area contributed by atoms with Gasteiger partial charge in [-0.05, 0) is 23.9 Å². The van der Waals surface area contributed by atoms with Crippen LogP contribution in [0.1, 0.15) is 18.1 Å². The van der Waals surface area contributed by atoms with Crippen LogP contribution in [-0.2, 0) is 5.54 Å². The number of aromatic nitrogens is 1. The molecule has 3 aromatic rings. The van der Waals surface area contributed by atoms with Gasteiger partial charge in [-0.2, -0.15) is 0 Å². The third-order valence-electron chi connectivity index (χ3n) is 3.66. The first-order valence-corrected chi connectivity index (χ1v) is 7.27. The molecule has 0 aliphatic rings. The molecule has 20 heavy (non-hydrogen) atoms. The highest BCUT2D eigenvalue weighted by Gasteiger charge is 2.27. The number of halogens is 1. The van der Waals surface area contributed by atoms with Crippen molar-refractivity contribution in [3.8, 4) is 0 Å². The molecule has 100 valence electrons. The van der Waals surface area contributed by atoms with Crippen molar-refractivity contribution < 1.29 is 0 Å². The van der Waals surface area contributed by atoms with Crippen LogP contribution in [0.2, 0.25) is 0 Å². The van der Waals surface area contributed by atoms with Crippen molar-refractivity contribution >= 4 is 26.7 Å². The van der Waals surface area contributed by atoms with Gasteiger partial charge in [-0.25, -0.2) is 0 Å². The average Bonchev–Trinajstić information content (AvgIpc) is 2.47. The molecule has 0 radical (unpaired) electrons. The van der Waals surface area contributed by atoms with E-state index in [2.05, 4.69) is 33.0 Å². The van der Waals surface area contributed by atoms with Gasteiger partial charge in [0.15, 0.2) is 0 Å². The third-order valence-corrected chi connectivity index (χ3v) is 4.35. The van der Waals surface area contributed by atoms with E-state index in [-0.39, 0.29) is 0 Å². The molecule has 0 saturated heterocycles. The van der Waals surface area contributed by atoms with E-state index in [0.29, 0.717) is 0 Å². The molecular weight excluding hydrogens is 312 g/mol. The Labute approximate surface area is 126 Å². The van der Waals surface area contributed by atoms with Crippen LogP contribution in [0.3, 0.4) is 0 Å². The van der Waals surface area contributed by atoms with Gasteiger partial charge in [-0.15, -0.1) is 0 Å². The summed E-state index contributed by atoms with van der Waals surface area (Å²) in [6, 6.07) is 16.2. The van der Waals surface area contributed by atoms with Crippen LogP contribution in [0.15, 0.2) is 65.4 Å². The second-order valence-corrected chi connectivity index (χ2v) is 5.94. The lowest BCUT2D eigenvalue weighted by Gasteiger charge is -2.28. The normalized spacial score (nSPS) is 14.2. The average molecular weight is 327 g/mol. The quantitative estimate of drug-likeness (QED) is 0.765. The summed E-state index contributed by atoms with van der Waals surface area (Å²) in [6.45, 7) is 2.02. The molecule has 3 rings (SSSR count). The Hall–Kier alpha value is -1.71. The van der Waals surface area contributed by atoms with Gasteiger partial charge in [0.25, 0.3) is 0 Å². The van der Waals surface area contributed by atoms with Crippen molar-refractivity contribution in [2.45, 2.75) is 12.5 Å². The molecule has 2 nitrogen and oxygen atoms in total. The van der Waals surface area contributed by atoms with Crippen molar-refractivity contribution in [3.63, 3.8) is 0 Å². The van der Waals surface area contributed by atoms with Crippen LogP contribution in [0.5, 0.6) is 0 Å². The SMILES string of the molecule is CC(N)(c1ccccc1Br)c1cncc2ccccc12. The minimum absolute atomic E-state index is 0.603. The van der Waals surface area contributed by atoms with Gasteiger partial charge in [0.05, 0.1) is 5.54 Å². The van der Waals surface area contributed by atoms with E-state index in [4.69, 9.17) is 5.73 Å². The van der Waals surface area contributed by atoms with Crippen LogP contribution < -0.4 is 5.73 Å². The first-order chi connectivity index (χ1) is 9.60. The summed E-state index contributed by atoms with van der Waals surface area (Å²) in [5, 5.41) is 2.25. The molecule has 1 heterocycles. The van der Waals surface area contributed by atoms with Crippen molar-refractivity contribution in [3.05, 3.63) is 76.5 Å². The number of nitrogens with zero attached hydrogens (tertiary/aromatic N) is 1. The summed E-state index contributed by atoms with van der Waals surface area (Å²) in [5.74, 6) is 0. The molecule has 1 atom stereocenters. The summed E-state index contributed by atoms with van der Waals surface area (Å²) in [6.07, 6.45) is 3.73. The van der Waals surface area contributed by atoms with Crippen molar-refractivity contribution in [2.75, 3.05) is 0 Å². The Kier molecular flexibility index (Phi) is 3.32. The van der Waals surface area contributed by atoms with Crippen molar-refractivity contribution in [2.24, 2.45) is 5.73 Å². The maximum absolute atomic E-state index is 6.66. The Balaban J connectivity index is 2.27. The maximum atomic E-state index is 6.66. The second-order valence-electron chi connectivity index (χ2n) is 5.09. The molecule has 0 fully saturated rings. The van der Waals surface area contributed by atoms with Gasteiger partial charge >= 0.3 is 0 Å². The summed E-state index contributed by atoms with van der Waals surface area (Å²) >= 11 is 3.59. The van der Waals surface area contributed by atoms with E-state index in [1.54, 1.807) is 0 Å². The topological polar surface area (TPSA) is 38.9 Å². The fraction of sp³-hybridized carbons (Fsp3) is 0.118. The molecular formula is C17H15BrN2. The highest BCUT2D eigenvalue weighted by Crippen LogP contribution is 2.35. The van der Waals surface area contributed by atoms with Gasteiger partial charge in [-0.3, -0.25) is 4.98 Å². The zero-order valence-electron chi connectivity index (χ0n) is 11.2. The third kappa shape index (κ3) is 2.13. The Morgan fingerprint density at radius 1 is 0.950 bits per heavy atom. The molecule has 0 spiro atoms. The number of hydrogen-bond donors (Lipinski definition) is 1. The largest absolute Gasteiger partial charge is 0.318 e. The first-order valence-electron chi connectivity index (χ1n) is 6.48. The summed E-state index contributed by atoms with van der Waals surface area (Å²) < 4.78 is 1.01. The molecule has 0 amide bonds. The second kappa shape index (κ2) is 5.00. The number of nitrogens with two attached hydrogens (primary N) is 1. The number of hydrogen-bond acceptors (Lipinski definition) is 2. The molecule has 2 aromatic carbocycles. The van der Waals surface area contributed by atoms with E-state index in [1.165, 1.54) is 0 Å². The summed E-state index contributed by atoms with van der Waals surface area (Å²) in [7, 11) is 0. The standard InChI is InChI=1S/C17H15BrN2/c1-17(19,14-8-4-5-9-16(14)18)15-11-20-10-12-6-2-3-7-13(12)15/h2-11H,19H2,1H3. The van der Waals surface area contributed by atoms with E-state index in [0.717, 1.165) is 26.4 Å². The zero-order valence-corrected chi connectivity index (χ0v) is 12.8. The molecule has 0 aliphatic carbocycles. The van der Waals surface area contributed by atoms with Gasteiger partial charge in [0, 0.05) is 27.8 Å². The molecule has 0 saturated carbocycles. The Bertz CT molecular complexity index is 760. The number of fused-ring (bicyclic) bond motifs is 1. The minimum Gasteiger partial charge on any atom is -0.318 e. The summed E-state index contributed by atoms with van der Waals surface area (Å²) in [4.78, 5) is 4.34. The summed E-state index contributed by atoms with van der Waals surface area (Å²) in [5.41, 5.74) is 8.14. The Morgan fingerprint density at radius 2 is 1.65 bits per heavy atom. The minimum atomic E-state index is -0.603. The Morgan fingerprint density at radius 3 is 2.45 bits per heavy atom. The van der Waals surface area contributed by atoms with Crippen molar-refractivity contribution in [1.29, 1.82) is 0 Å². The first kappa shape index (κ1) is 13.3. The molecule has 0 aliphatic heterocycles. The van der Waals surface area contributed by atoms with Gasteiger partial charge in [0.2, 0.25) is 0 Å². The van der Waals surface area contributed by atoms with Gasteiger partial charge in [0.1, 0.15) is 0 Å². The lowest BCUT2D eigenvalue weighted by atomic mass is 9.84. The van der Waals surface area contributed by atoms with Gasteiger partial charge in [-0.1, -0.05) is 58.4 Å². The smallest absolute Gasteiger partial charge is 0.0669 e. The maximum Gasteiger partial charge on any atom is 0.0669 e. The molecule has 1 unspecified atom stereocenters. The lowest BCUT2D eigenvalue weighted by molar-refractivity contribution is 0.603. The highest BCUT2D eigenvalue weighted by molar-refractivity contribution is 9.10. The monoisotopic (exact) mass is 326 g/mol. The molecule has 2 N–H and O–H groups in total. The fourth-order valence-electron chi connectivity index (χ4n) is 2.56. The zero-order chi connectivity index (χ0) is 14.2. The van der Waals surface area contributed by atoms with Crippen molar-refractivity contribution in [1.82, 2.24) is 4.98 Å². The number of benzene rings is 2. The van der Waals surface area contributed by atoms with E-state index in [9.17, 15) is 0 Å². The van der Waals surface area contributed by atoms with Crippen LogP contribution in [-0.4, -0.2) is 4.98 Å². The van der Waals surface area contributed by atoms with Crippen LogP contribution >= 0.6 is 15.9 Å².